The third kappa shape index (κ3) is 3.96. The minimum atomic E-state index is -3.71. The standard InChI is InChI=1S/C13H17N5O2S/c1-3-14-12-5-4-6-15-13(12)21(19,20)18-9-11-8-16-10(2)7-17-11/h4-8,14,18H,3,9H2,1-2H3. The molecule has 112 valence electrons. The number of aromatic nitrogens is 3. The zero-order valence-corrected chi connectivity index (χ0v) is 12.7. The second-order valence-electron chi connectivity index (χ2n) is 4.36. The van der Waals surface area contributed by atoms with Crippen molar-refractivity contribution in [2.24, 2.45) is 0 Å². The molecule has 0 unspecified atom stereocenters. The fourth-order valence-corrected chi connectivity index (χ4v) is 2.78. The molecule has 0 aromatic carbocycles. The number of nitrogens with zero attached hydrogens (tertiary/aromatic N) is 3. The van der Waals surface area contributed by atoms with Crippen LogP contribution in [0.25, 0.3) is 0 Å². The van der Waals surface area contributed by atoms with Gasteiger partial charge in [-0.2, -0.15) is 0 Å². The predicted octanol–water partition coefficient (Wildman–Crippen LogP) is 1.09. The number of pyridine rings is 1. The number of anilines is 1. The molecule has 0 bridgehead atoms. The molecule has 0 atom stereocenters. The Morgan fingerprint density at radius 2 is 2.00 bits per heavy atom. The fraction of sp³-hybridized carbons (Fsp3) is 0.308. The van der Waals surface area contributed by atoms with E-state index in [1.807, 2.05) is 13.8 Å². The summed E-state index contributed by atoms with van der Waals surface area (Å²) < 4.78 is 27.1. The molecule has 0 saturated carbocycles. The highest BCUT2D eigenvalue weighted by Crippen LogP contribution is 2.17. The minimum absolute atomic E-state index is 0.0214. The van der Waals surface area contributed by atoms with E-state index in [-0.39, 0.29) is 11.6 Å². The van der Waals surface area contributed by atoms with Crippen LogP contribution < -0.4 is 10.0 Å². The maximum atomic E-state index is 12.3. The normalized spacial score (nSPS) is 11.3. The van der Waals surface area contributed by atoms with Crippen LogP contribution in [0.2, 0.25) is 0 Å². The Labute approximate surface area is 123 Å². The van der Waals surface area contributed by atoms with Crippen LogP contribution in [0.3, 0.4) is 0 Å². The second-order valence-corrected chi connectivity index (χ2v) is 6.04. The van der Waals surface area contributed by atoms with Crippen molar-refractivity contribution in [2.75, 3.05) is 11.9 Å². The molecule has 0 aliphatic rings. The van der Waals surface area contributed by atoms with Crippen molar-refractivity contribution in [2.45, 2.75) is 25.4 Å². The van der Waals surface area contributed by atoms with Crippen LogP contribution >= 0.6 is 0 Å². The maximum absolute atomic E-state index is 12.3. The van der Waals surface area contributed by atoms with Crippen LogP contribution in [0, 0.1) is 6.92 Å². The van der Waals surface area contributed by atoms with E-state index in [0.29, 0.717) is 17.9 Å². The first-order valence-corrected chi connectivity index (χ1v) is 7.97. The molecule has 2 heterocycles. The third-order valence-corrected chi connectivity index (χ3v) is 4.03. The van der Waals surface area contributed by atoms with Crippen molar-refractivity contribution in [3.63, 3.8) is 0 Å². The molecule has 0 amide bonds. The molecule has 8 heteroatoms. The molecule has 2 N–H and O–H groups in total. The molecule has 0 radical (unpaired) electrons. The quantitative estimate of drug-likeness (QED) is 0.829. The number of rotatable bonds is 6. The number of sulfonamides is 1. The van der Waals surface area contributed by atoms with Gasteiger partial charge in [0.05, 0.1) is 29.8 Å². The van der Waals surface area contributed by atoms with E-state index in [1.165, 1.54) is 6.20 Å². The lowest BCUT2D eigenvalue weighted by atomic mass is 10.4. The van der Waals surface area contributed by atoms with Crippen LogP contribution in [-0.4, -0.2) is 29.9 Å². The minimum Gasteiger partial charge on any atom is -0.383 e. The van der Waals surface area contributed by atoms with Gasteiger partial charge in [-0.1, -0.05) is 0 Å². The monoisotopic (exact) mass is 307 g/mol. The van der Waals surface area contributed by atoms with Crippen molar-refractivity contribution in [3.8, 4) is 0 Å². The van der Waals surface area contributed by atoms with Gasteiger partial charge in [-0.05, 0) is 26.0 Å². The summed E-state index contributed by atoms with van der Waals surface area (Å²) in [7, 11) is -3.71. The van der Waals surface area contributed by atoms with Gasteiger partial charge in [-0.3, -0.25) is 9.97 Å². The summed E-state index contributed by atoms with van der Waals surface area (Å²) in [4.78, 5) is 12.1. The van der Waals surface area contributed by atoms with Crippen LogP contribution in [0.4, 0.5) is 5.69 Å². The number of aryl methyl sites for hydroxylation is 1. The molecular formula is C13H17N5O2S. The highest BCUT2D eigenvalue weighted by atomic mass is 32.2. The van der Waals surface area contributed by atoms with Crippen LogP contribution in [0.5, 0.6) is 0 Å². The van der Waals surface area contributed by atoms with Crippen molar-refractivity contribution in [3.05, 3.63) is 42.1 Å². The zero-order valence-electron chi connectivity index (χ0n) is 11.9. The van der Waals surface area contributed by atoms with Crippen molar-refractivity contribution in [1.29, 1.82) is 0 Å². The summed E-state index contributed by atoms with van der Waals surface area (Å²) in [5.41, 5.74) is 1.80. The van der Waals surface area contributed by atoms with Crippen LogP contribution in [0.15, 0.2) is 35.7 Å². The van der Waals surface area contributed by atoms with Crippen molar-refractivity contribution < 1.29 is 8.42 Å². The van der Waals surface area contributed by atoms with Gasteiger partial charge < -0.3 is 5.32 Å². The van der Waals surface area contributed by atoms with E-state index < -0.39 is 10.0 Å². The molecule has 2 rings (SSSR count). The summed E-state index contributed by atoms with van der Waals surface area (Å²) in [5.74, 6) is 0. The first-order chi connectivity index (χ1) is 10.0. The predicted molar refractivity (Wildman–Crippen MR) is 79.2 cm³/mol. The van der Waals surface area contributed by atoms with E-state index in [0.717, 1.165) is 5.69 Å². The van der Waals surface area contributed by atoms with Gasteiger partial charge in [0.15, 0.2) is 5.03 Å². The third-order valence-electron chi connectivity index (χ3n) is 2.67. The SMILES string of the molecule is CCNc1cccnc1S(=O)(=O)NCc1cnc(C)cn1. The summed E-state index contributed by atoms with van der Waals surface area (Å²) in [6.07, 6.45) is 4.58. The largest absolute Gasteiger partial charge is 0.383 e. The average Bonchev–Trinajstić information content (AvgIpc) is 2.47. The second kappa shape index (κ2) is 6.59. The van der Waals surface area contributed by atoms with Gasteiger partial charge in [0.25, 0.3) is 10.0 Å². The Hall–Kier alpha value is -2.06. The first-order valence-electron chi connectivity index (χ1n) is 6.49. The Kier molecular flexibility index (Phi) is 4.81. The Morgan fingerprint density at radius 3 is 2.67 bits per heavy atom. The van der Waals surface area contributed by atoms with Gasteiger partial charge in [-0.25, -0.2) is 18.1 Å². The molecule has 0 spiro atoms. The van der Waals surface area contributed by atoms with E-state index in [1.54, 1.807) is 24.5 Å². The van der Waals surface area contributed by atoms with E-state index in [4.69, 9.17) is 0 Å². The van der Waals surface area contributed by atoms with Crippen molar-refractivity contribution >= 4 is 15.7 Å². The van der Waals surface area contributed by atoms with Gasteiger partial charge in [0.2, 0.25) is 0 Å². The average molecular weight is 307 g/mol. The van der Waals surface area contributed by atoms with E-state index in [2.05, 4.69) is 25.0 Å². The zero-order chi connectivity index (χ0) is 15.3. The van der Waals surface area contributed by atoms with Crippen molar-refractivity contribution in [1.82, 2.24) is 19.7 Å². The first kappa shape index (κ1) is 15.3. The Morgan fingerprint density at radius 1 is 1.19 bits per heavy atom. The van der Waals surface area contributed by atoms with Gasteiger partial charge >= 0.3 is 0 Å². The van der Waals surface area contributed by atoms with Gasteiger partial charge in [0, 0.05) is 18.9 Å². The summed E-state index contributed by atoms with van der Waals surface area (Å²) in [6.45, 7) is 4.38. The molecule has 21 heavy (non-hydrogen) atoms. The lowest BCUT2D eigenvalue weighted by Gasteiger charge is -2.10. The fourth-order valence-electron chi connectivity index (χ4n) is 1.68. The van der Waals surface area contributed by atoms with Crippen LogP contribution in [0.1, 0.15) is 18.3 Å². The van der Waals surface area contributed by atoms with Gasteiger partial charge in [-0.15, -0.1) is 0 Å². The summed E-state index contributed by atoms with van der Waals surface area (Å²) in [6, 6.07) is 3.36. The Bertz CT molecular complexity index is 701. The summed E-state index contributed by atoms with van der Waals surface area (Å²) in [5, 5.41) is 2.96. The molecule has 2 aromatic rings. The molecule has 0 aliphatic heterocycles. The van der Waals surface area contributed by atoms with Gasteiger partial charge in [0.1, 0.15) is 0 Å². The highest BCUT2D eigenvalue weighted by molar-refractivity contribution is 7.89. The molecule has 0 aliphatic carbocycles. The van der Waals surface area contributed by atoms with E-state index >= 15 is 0 Å². The molecule has 7 nitrogen and oxygen atoms in total. The highest BCUT2D eigenvalue weighted by Gasteiger charge is 2.19. The lowest BCUT2D eigenvalue weighted by molar-refractivity contribution is 0.576. The lowest BCUT2D eigenvalue weighted by Crippen LogP contribution is -2.25. The molecule has 0 fully saturated rings. The Balaban J connectivity index is 2.17. The maximum Gasteiger partial charge on any atom is 0.260 e. The number of nitrogens with one attached hydrogen (secondary N) is 2. The smallest absolute Gasteiger partial charge is 0.260 e. The molecule has 2 aromatic heterocycles. The molecule has 0 saturated heterocycles. The topological polar surface area (TPSA) is 96.9 Å². The van der Waals surface area contributed by atoms with E-state index in [9.17, 15) is 8.42 Å². The summed E-state index contributed by atoms with van der Waals surface area (Å²) >= 11 is 0. The molecular weight excluding hydrogens is 290 g/mol. The number of hydrogen-bond donors (Lipinski definition) is 2. The number of hydrogen-bond acceptors (Lipinski definition) is 6. The van der Waals surface area contributed by atoms with Crippen LogP contribution in [-0.2, 0) is 16.6 Å².